The van der Waals surface area contributed by atoms with Gasteiger partial charge in [-0.15, -0.1) is 0 Å². The molecule has 58 valence electrons. The first-order valence-electron chi connectivity index (χ1n) is 3.88. The third-order valence-corrected chi connectivity index (χ3v) is 1.32. The van der Waals surface area contributed by atoms with Gasteiger partial charge in [-0.2, -0.15) is 0 Å². The van der Waals surface area contributed by atoms with Crippen molar-refractivity contribution < 1.29 is 0 Å². The van der Waals surface area contributed by atoms with Gasteiger partial charge in [0.05, 0.1) is 6.54 Å². The molecule has 11 heavy (non-hydrogen) atoms. The molecule has 1 heterocycles. The van der Waals surface area contributed by atoms with Gasteiger partial charge in [0.25, 0.3) is 0 Å². The van der Waals surface area contributed by atoms with Gasteiger partial charge in [-0.05, 0) is 12.1 Å². The van der Waals surface area contributed by atoms with E-state index in [9.17, 15) is 0 Å². The molecule has 0 spiro atoms. The summed E-state index contributed by atoms with van der Waals surface area (Å²) >= 11 is 0. The second-order valence-electron chi connectivity index (χ2n) is 2.83. The summed E-state index contributed by atoms with van der Waals surface area (Å²) in [6.45, 7) is 5.01. The van der Waals surface area contributed by atoms with E-state index in [-0.39, 0.29) is 0 Å². The second kappa shape index (κ2) is 3.88. The molecule has 0 saturated heterocycles. The first-order chi connectivity index (χ1) is 5.29. The molecule has 0 aromatic carbocycles. The molecule has 0 fully saturated rings. The summed E-state index contributed by atoms with van der Waals surface area (Å²) in [6, 6.07) is 4.02. The van der Waals surface area contributed by atoms with Crippen molar-refractivity contribution >= 4 is 0 Å². The standard InChI is InChI=1S/C10H13N/c1-10(2)6-5-9-11-7-3-4-8-11/h3-4,7-8,10H,9H2,1-2H3. The molecule has 0 aliphatic carbocycles. The lowest BCUT2D eigenvalue weighted by Gasteiger charge is -1.92. The monoisotopic (exact) mass is 147 g/mol. The quantitative estimate of drug-likeness (QED) is 0.536. The van der Waals surface area contributed by atoms with Crippen molar-refractivity contribution in [1.82, 2.24) is 4.57 Å². The van der Waals surface area contributed by atoms with Crippen LogP contribution in [0.1, 0.15) is 13.8 Å². The predicted octanol–water partition coefficient (Wildman–Crippen LogP) is 2.15. The molecule has 0 N–H and O–H groups in total. The third-order valence-electron chi connectivity index (χ3n) is 1.32. The van der Waals surface area contributed by atoms with Gasteiger partial charge in [0, 0.05) is 18.3 Å². The van der Waals surface area contributed by atoms with Crippen LogP contribution in [0.25, 0.3) is 0 Å². The van der Waals surface area contributed by atoms with Gasteiger partial charge in [0.1, 0.15) is 0 Å². The maximum absolute atomic E-state index is 3.11. The van der Waals surface area contributed by atoms with Crippen LogP contribution in [0.2, 0.25) is 0 Å². The lowest BCUT2D eigenvalue weighted by molar-refractivity contribution is 0.832. The topological polar surface area (TPSA) is 4.93 Å². The minimum Gasteiger partial charge on any atom is -0.343 e. The van der Waals surface area contributed by atoms with Crippen molar-refractivity contribution in [2.24, 2.45) is 5.92 Å². The van der Waals surface area contributed by atoms with Crippen LogP contribution >= 0.6 is 0 Å². The van der Waals surface area contributed by atoms with Crippen LogP contribution < -0.4 is 0 Å². The Labute approximate surface area is 68.0 Å². The van der Waals surface area contributed by atoms with Crippen molar-refractivity contribution in [2.75, 3.05) is 0 Å². The Hall–Kier alpha value is -1.16. The van der Waals surface area contributed by atoms with Crippen molar-refractivity contribution in [3.63, 3.8) is 0 Å². The lowest BCUT2D eigenvalue weighted by Crippen LogP contribution is -1.90. The zero-order valence-corrected chi connectivity index (χ0v) is 7.04. The zero-order chi connectivity index (χ0) is 8.10. The largest absolute Gasteiger partial charge is 0.343 e. The fourth-order valence-electron chi connectivity index (χ4n) is 0.817. The summed E-state index contributed by atoms with van der Waals surface area (Å²) in [5.74, 6) is 6.69. The summed E-state index contributed by atoms with van der Waals surface area (Å²) in [4.78, 5) is 0. The highest BCUT2D eigenvalue weighted by atomic mass is 14.9. The van der Waals surface area contributed by atoms with Crippen LogP contribution in [0.15, 0.2) is 24.5 Å². The highest BCUT2D eigenvalue weighted by Gasteiger charge is 1.83. The number of aromatic nitrogens is 1. The number of hydrogen-bond donors (Lipinski definition) is 0. The smallest absolute Gasteiger partial charge is 0.0831 e. The molecule has 0 aliphatic rings. The summed E-state index contributed by atoms with van der Waals surface area (Å²) in [5.41, 5.74) is 0. The molecule has 1 heteroatoms. The molecule has 0 radical (unpaired) electrons. The average Bonchev–Trinajstić information content (AvgIpc) is 2.39. The fourth-order valence-corrected chi connectivity index (χ4v) is 0.817. The summed E-state index contributed by atoms with van der Waals surface area (Å²) in [7, 11) is 0. The van der Waals surface area contributed by atoms with Gasteiger partial charge < -0.3 is 4.57 Å². The van der Waals surface area contributed by atoms with Crippen molar-refractivity contribution in [2.45, 2.75) is 20.4 Å². The Morgan fingerprint density at radius 3 is 2.45 bits per heavy atom. The number of nitrogens with zero attached hydrogens (tertiary/aromatic N) is 1. The van der Waals surface area contributed by atoms with Gasteiger partial charge in [-0.1, -0.05) is 25.7 Å². The van der Waals surface area contributed by atoms with Crippen LogP contribution in [0, 0.1) is 17.8 Å². The van der Waals surface area contributed by atoms with Crippen LogP contribution in [0.3, 0.4) is 0 Å². The summed E-state index contributed by atoms with van der Waals surface area (Å²) in [5, 5.41) is 0. The van der Waals surface area contributed by atoms with E-state index in [1.165, 1.54) is 0 Å². The number of hydrogen-bond acceptors (Lipinski definition) is 0. The molecule has 0 aliphatic heterocycles. The van der Waals surface area contributed by atoms with Gasteiger partial charge in [-0.3, -0.25) is 0 Å². The molecule has 0 unspecified atom stereocenters. The Kier molecular flexibility index (Phi) is 2.80. The van der Waals surface area contributed by atoms with Gasteiger partial charge in [-0.25, -0.2) is 0 Å². The van der Waals surface area contributed by atoms with Crippen molar-refractivity contribution in [3.8, 4) is 11.8 Å². The van der Waals surface area contributed by atoms with Crippen molar-refractivity contribution in [1.29, 1.82) is 0 Å². The Bertz CT molecular complexity index is 246. The van der Waals surface area contributed by atoms with Crippen molar-refractivity contribution in [3.05, 3.63) is 24.5 Å². The molecule has 1 aromatic heterocycles. The Balaban J connectivity index is 2.42. The zero-order valence-electron chi connectivity index (χ0n) is 7.04. The Morgan fingerprint density at radius 2 is 1.91 bits per heavy atom. The normalized spacial score (nSPS) is 9.36. The van der Waals surface area contributed by atoms with E-state index in [1.807, 2.05) is 24.5 Å². The summed E-state index contributed by atoms with van der Waals surface area (Å²) < 4.78 is 2.06. The predicted molar refractivity (Wildman–Crippen MR) is 47.0 cm³/mol. The molecule has 1 aromatic rings. The highest BCUT2D eigenvalue weighted by molar-refractivity contribution is 5.03. The second-order valence-corrected chi connectivity index (χ2v) is 2.83. The van der Waals surface area contributed by atoms with Crippen LogP contribution in [-0.4, -0.2) is 4.57 Å². The molecule has 1 nitrogen and oxygen atoms in total. The first-order valence-corrected chi connectivity index (χ1v) is 3.88. The van der Waals surface area contributed by atoms with E-state index < -0.39 is 0 Å². The molecule has 0 amide bonds. The van der Waals surface area contributed by atoms with E-state index in [0.29, 0.717) is 5.92 Å². The van der Waals surface area contributed by atoms with E-state index in [1.54, 1.807) is 0 Å². The van der Waals surface area contributed by atoms with E-state index >= 15 is 0 Å². The maximum Gasteiger partial charge on any atom is 0.0831 e. The first kappa shape index (κ1) is 7.94. The average molecular weight is 147 g/mol. The maximum atomic E-state index is 3.11. The van der Waals surface area contributed by atoms with Gasteiger partial charge >= 0.3 is 0 Å². The van der Waals surface area contributed by atoms with E-state index in [2.05, 4.69) is 30.3 Å². The van der Waals surface area contributed by atoms with Gasteiger partial charge in [0.2, 0.25) is 0 Å². The highest BCUT2D eigenvalue weighted by Crippen LogP contribution is 1.89. The third kappa shape index (κ3) is 2.95. The minimum atomic E-state index is 0.477. The molecule has 0 saturated carbocycles. The molecular formula is C10H13N. The van der Waals surface area contributed by atoms with E-state index in [0.717, 1.165) is 6.54 Å². The SMILES string of the molecule is CC(C)C#CCn1cccc1. The number of rotatable bonds is 1. The molecule has 0 atom stereocenters. The molecular weight excluding hydrogens is 134 g/mol. The summed E-state index contributed by atoms with van der Waals surface area (Å²) in [6.07, 6.45) is 4.05. The fraction of sp³-hybridized carbons (Fsp3) is 0.400. The van der Waals surface area contributed by atoms with Crippen LogP contribution in [-0.2, 0) is 6.54 Å². The molecule has 0 bridgehead atoms. The van der Waals surface area contributed by atoms with E-state index in [4.69, 9.17) is 0 Å². The molecule has 1 rings (SSSR count). The lowest BCUT2D eigenvalue weighted by atomic mass is 10.2. The van der Waals surface area contributed by atoms with Gasteiger partial charge in [0.15, 0.2) is 0 Å². The van der Waals surface area contributed by atoms with Crippen LogP contribution in [0.4, 0.5) is 0 Å². The van der Waals surface area contributed by atoms with Crippen LogP contribution in [0.5, 0.6) is 0 Å². The minimum absolute atomic E-state index is 0.477. The Morgan fingerprint density at radius 1 is 1.27 bits per heavy atom.